The van der Waals surface area contributed by atoms with Crippen molar-refractivity contribution in [3.05, 3.63) is 24.3 Å². The molecule has 0 bridgehead atoms. The highest BCUT2D eigenvalue weighted by molar-refractivity contribution is 7.80. The number of likely N-dealkylation sites (N-methyl/N-ethyl adjacent to an activating group) is 1. The molecule has 0 heterocycles. The van der Waals surface area contributed by atoms with E-state index in [1.807, 2.05) is 20.8 Å². The van der Waals surface area contributed by atoms with Crippen molar-refractivity contribution in [1.82, 2.24) is 10.2 Å². The predicted molar refractivity (Wildman–Crippen MR) is 89.9 cm³/mol. The van der Waals surface area contributed by atoms with Gasteiger partial charge >= 0.3 is 6.36 Å². The molecule has 9 heteroatoms. The number of ether oxygens (including phenoxy) is 1. The largest absolute Gasteiger partial charge is 0.573 e. The number of carbonyl (C=O) groups is 1. The fourth-order valence-corrected chi connectivity index (χ4v) is 2.12. The highest BCUT2D eigenvalue weighted by Crippen LogP contribution is 2.24. The van der Waals surface area contributed by atoms with E-state index in [1.54, 1.807) is 4.90 Å². The molecule has 1 rings (SSSR count). The monoisotopic (exact) mass is 363 g/mol. The molecule has 0 saturated carbocycles. The third-order valence-electron chi connectivity index (χ3n) is 2.79. The van der Waals surface area contributed by atoms with Gasteiger partial charge in [0.2, 0.25) is 5.91 Å². The molecular formula is C15H20F3N3O2S. The summed E-state index contributed by atoms with van der Waals surface area (Å²) in [5.74, 6) is -0.479. The van der Waals surface area contributed by atoms with Gasteiger partial charge in [-0.1, -0.05) is 0 Å². The van der Waals surface area contributed by atoms with Crippen LogP contribution >= 0.6 is 12.2 Å². The summed E-state index contributed by atoms with van der Waals surface area (Å²) in [6.45, 7) is 6.16. The van der Waals surface area contributed by atoms with E-state index >= 15 is 0 Å². The van der Waals surface area contributed by atoms with Crippen molar-refractivity contribution in [2.24, 2.45) is 0 Å². The predicted octanol–water partition coefficient (Wildman–Crippen LogP) is 3.13. The third-order valence-corrected chi connectivity index (χ3v) is 3.15. The average molecular weight is 363 g/mol. The van der Waals surface area contributed by atoms with Gasteiger partial charge in [0, 0.05) is 18.3 Å². The number of hydrogen-bond donors (Lipinski definition) is 2. The molecule has 0 unspecified atom stereocenters. The first-order chi connectivity index (χ1) is 11.1. The van der Waals surface area contributed by atoms with Crippen LogP contribution in [0.2, 0.25) is 0 Å². The molecule has 134 valence electrons. The number of carbonyl (C=O) groups excluding carboxylic acids is 1. The van der Waals surface area contributed by atoms with Crippen LogP contribution in [-0.2, 0) is 4.79 Å². The van der Waals surface area contributed by atoms with Crippen molar-refractivity contribution in [3.8, 4) is 5.75 Å². The van der Waals surface area contributed by atoms with E-state index in [-0.39, 0.29) is 24.2 Å². The van der Waals surface area contributed by atoms with E-state index in [0.29, 0.717) is 17.3 Å². The Morgan fingerprint density at radius 2 is 1.88 bits per heavy atom. The molecule has 0 radical (unpaired) electrons. The lowest BCUT2D eigenvalue weighted by Crippen LogP contribution is -2.44. The van der Waals surface area contributed by atoms with E-state index in [9.17, 15) is 18.0 Å². The Morgan fingerprint density at radius 1 is 1.29 bits per heavy atom. The summed E-state index contributed by atoms with van der Waals surface area (Å²) in [5.41, 5.74) is 0.497. The molecule has 0 aliphatic carbocycles. The van der Waals surface area contributed by atoms with Crippen molar-refractivity contribution in [2.75, 3.05) is 18.4 Å². The lowest BCUT2D eigenvalue weighted by atomic mass is 10.3. The second-order valence-corrected chi connectivity index (χ2v) is 5.63. The van der Waals surface area contributed by atoms with Gasteiger partial charge in [-0.05, 0) is 57.3 Å². The third kappa shape index (κ3) is 7.49. The number of nitrogens with one attached hydrogen (secondary N) is 2. The standard InChI is InChI=1S/C15H20F3N3O2S/c1-4-21(9-13(22)19-10(2)3)14(24)20-11-5-7-12(8-6-11)23-15(16,17)18/h5-8,10H,4,9H2,1-3H3,(H,19,22)(H,20,24). The first-order valence-electron chi connectivity index (χ1n) is 7.31. The minimum absolute atomic E-state index is 0.0268. The van der Waals surface area contributed by atoms with Crippen LogP contribution < -0.4 is 15.4 Å². The lowest BCUT2D eigenvalue weighted by molar-refractivity contribution is -0.274. The summed E-state index contributed by atoms with van der Waals surface area (Å²) in [7, 11) is 0. The molecule has 0 aromatic heterocycles. The maximum atomic E-state index is 12.1. The number of thiocarbonyl (C=S) groups is 1. The van der Waals surface area contributed by atoms with Gasteiger partial charge in [-0.2, -0.15) is 0 Å². The SMILES string of the molecule is CCN(CC(=O)NC(C)C)C(=S)Nc1ccc(OC(F)(F)F)cc1. The smallest absolute Gasteiger partial charge is 0.406 e. The fraction of sp³-hybridized carbons (Fsp3) is 0.467. The molecule has 0 saturated heterocycles. The summed E-state index contributed by atoms with van der Waals surface area (Å²) in [6.07, 6.45) is -4.73. The quantitative estimate of drug-likeness (QED) is 0.761. The summed E-state index contributed by atoms with van der Waals surface area (Å²) in [4.78, 5) is 13.4. The number of amides is 1. The molecule has 1 amide bonds. The zero-order chi connectivity index (χ0) is 18.3. The molecule has 2 N–H and O–H groups in total. The van der Waals surface area contributed by atoms with Crippen LogP contribution in [0.4, 0.5) is 18.9 Å². The second-order valence-electron chi connectivity index (χ2n) is 5.24. The first-order valence-corrected chi connectivity index (χ1v) is 7.72. The summed E-state index contributed by atoms with van der Waals surface area (Å²) in [5, 5.41) is 5.95. The van der Waals surface area contributed by atoms with Crippen LogP contribution in [0.15, 0.2) is 24.3 Å². The van der Waals surface area contributed by atoms with Crippen LogP contribution in [0.5, 0.6) is 5.75 Å². The van der Waals surface area contributed by atoms with Gasteiger partial charge in [0.05, 0.1) is 6.54 Å². The molecule has 0 aliphatic heterocycles. The number of nitrogens with zero attached hydrogens (tertiary/aromatic N) is 1. The van der Waals surface area contributed by atoms with E-state index in [0.717, 1.165) is 0 Å². The molecule has 0 atom stereocenters. The molecular weight excluding hydrogens is 343 g/mol. The summed E-state index contributed by atoms with van der Waals surface area (Å²) in [6, 6.07) is 5.21. The number of benzene rings is 1. The Morgan fingerprint density at radius 3 is 2.33 bits per heavy atom. The van der Waals surface area contributed by atoms with Crippen LogP contribution in [-0.4, -0.2) is 41.4 Å². The van der Waals surface area contributed by atoms with Crippen LogP contribution in [0.3, 0.4) is 0 Å². The number of anilines is 1. The summed E-state index contributed by atoms with van der Waals surface area (Å²) >= 11 is 5.23. The van der Waals surface area contributed by atoms with E-state index in [4.69, 9.17) is 12.2 Å². The molecule has 0 fully saturated rings. The van der Waals surface area contributed by atoms with E-state index in [1.165, 1.54) is 24.3 Å². The van der Waals surface area contributed by atoms with Gasteiger partial charge in [-0.3, -0.25) is 4.79 Å². The number of alkyl halides is 3. The van der Waals surface area contributed by atoms with Crippen molar-refractivity contribution < 1.29 is 22.7 Å². The maximum absolute atomic E-state index is 12.1. The minimum Gasteiger partial charge on any atom is -0.406 e. The zero-order valence-corrected chi connectivity index (χ0v) is 14.4. The van der Waals surface area contributed by atoms with Gasteiger partial charge in [0.1, 0.15) is 5.75 Å². The Balaban J connectivity index is 2.63. The average Bonchev–Trinajstić information content (AvgIpc) is 2.44. The zero-order valence-electron chi connectivity index (χ0n) is 13.6. The molecule has 0 spiro atoms. The van der Waals surface area contributed by atoms with Crippen molar-refractivity contribution >= 4 is 28.9 Å². The van der Waals surface area contributed by atoms with Crippen molar-refractivity contribution in [2.45, 2.75) is 33.2 Å². The van der Waals surface area contributed by atoms with Gasteiger partial charge in [0.25, 0.3) is 0 Å². The highest BCUT2D eigenvalue weighted by atomic mass is 32.1. The Hall–Kier alpha value is -2.03. The molecule has 5 nitrogen and oxygen atoms in total. The van der Waals surface area contributed by atoms with Crippen LogP contribution in [0.25, 0.3) is 0 Å². The number of rotatable bonds is 6. The van der Waals surface area contributed by atoms with Gasteiger partial charge in [0.15, 0.2) is 5.11 Å². The van der Waals surface area contributed by atoms with E-state index in [2.05, 4.69) is 15.4 Å². The molecule has 0 aliphatic rings. The van der Waals surface area contributed by atoms with Crippen LogP contribution in [0.1, 0.15) is 20.8 Å². The Bertz CT molecular complexity index is 562. The minimum atomic E-state index is -4.73. The van der Waals surface area contributed by atoms with Crippen LogP contribution in [0, 0.1) is 0 Å². The second kappa shape index (κ2) is 8.72. The van der Waals surface area contributed by atoms with Gasteiger partial charge in [-0.15, -0.1) is 13.2 Å². The fourth-order valence-electron chi connectivity index (χ4n) is 1.81. The highest BCUT2D eigenvalue weighted by Gasteiger charge is 2.30. The molecule has 1 aromatic carbocycles. The van der Waals surface area contributed by atoms with E-state index < -0.39 is 6.36 Å². The van der Waals surface area contributed by atoms with Gasteiger partial charge in [-0.25, -0.2) is 0 Å². The Kier molecular flexibility index (Phi) is 7.27. The Labute approximate surface area is 144 Å². The van der Waals surface area contributed by atoms with Gasteiger partial charge < -0.3 is 20.3 Å². The van der Waals surface area contributed by atoms with Crippen molar-refractivity contribution in [3.63, 3.8) is 0 Å². The normalized spacial score (nSPS) is 11.1. The number of hydrogen-bond acceptors (Lipinski definition) is 3. The topological polar surface area (TPSA) is 53.6 Å². The number of halogens is 3. The lowest BCUT2D eigenvalue weighted by Gasteiger charge is -2.24. The maximum Gasteiger partial charge on any atom is 0.573 e. The molecule has 24 heavy (non-hydrogen) atoms. The summed E-state index contributed by atoms with van der Waals surface area (Å²) < 4.78 is 40.1. The molecule has 1 aromatic rings. The first kappa shape index (κ1) is 20.0. The van der Waals surface area contributed by atoms with Crippen molar-refractivity contribution in [1.29, 1.82) is 0 Å².